The van der Waals surface area contributed by atoms with Gasteiger partial charge in [0.05, 0.1) is 5.69 Å². The maximum absolute atomic E-state index is 12.1. The topological polar surface area (TPSA) is 95.3 Å². The number of amides is 1. The Kier molecular flexibility index (Phi) is 3.90. The highest BCUT2D eigenvalue weighted by Gasteiger charge is 2.15. The number of anilines is 1. The van der Waals surface area contributed by atoms with Crippen molar-refractivity contribution >= 4 is 22.4 Å². The first-order chi connectivity index (χ1) is 12.2. The average molecular weight is 356 g/mol. The molecule has 1 N–H and O–H groups in total. The Hall–Kier alpha value is -3.20. The molecule has 0 aliphatic carbocycles. The van der Waals surface area contributed by atoms with Crippen molar-refractivity contribution in [2.45, 2.75) is 6.54 Å². The van der Waals surface area contributed by atoms with Crippen molar-refractivity contribution in [3.63, 3.8) is 0 Å². The lowest BCUT2D eigenvalue weighted by Crippen LogP contribution is -2.29. The summed E-state index contributed by atoms with van der Waals surface area (Å²) in [6.45, 7) is -0.0144. The second-order valence-corrected chi connectivity index (χ2v) is 6.06. The Labute approximate surface area is 145 Å². The summed E-state index contributed by atoms with van der Waals surface area (Å²) < 4.78 is 11.7. The fourth-order valence-electron chi connectivity index (χ4n) is 2.35. The fourth-order valence-corrected chi connectivity index (χ4v) is 2.90. The van der Waals surface area contributed by atoms with Crippen LogP contribution in [0.15, 0.2) is 46.7 Å². The third kappa shape index (κ3) is 3.22. The maximum Gasteiger partial charge on any atom is 0.267 e. The van der Waals surface area contributed by atoms with E-state index in [1.807, 2.05) is 6.07 Å². The number of carbonyl (C=O) groups is 1. The molecule has 1 aliphatic heterocycles. The molecule has 0 radical (unpaired) electrons. The minimum absolute atomic E-state index is 0.183. The Morgan fingerprint density at radius 2 is 2.12 bits per heavy atom. The number of ether oxygens (including phenoxy) is 2. The van der Waals surface area contributed by atoms with E-state index in [1.165, 1.54) is 17.4 Å². The molecule has 0 fully saturated rings. The van der Waals surface area contributed by atoms with Crippen molar-refractivity contribution in [2.75, 3.05) is 12.1 Å². The lowest BCUT2D eigenvalue weighted by Gasteiger charge is -2.07. The largest absolute Gasteiger partial charge is 0.454 e. The highest BCUT2D eigenvalue weighted by molar-refractivity contribution is 7.13. The van der Waals surface area contributed by atoms with Crippen LogP contribution in [-0.4, -0.2) is 27.5 Å². The van der Waals surface area contributed by atoms with E-state index in [4.69, 9.17) is 9.47 Å². The molecule has 8 nitrogen and oxygen atoms in total. The van der Waals surface area contributed by atoms with Crippen LogP contribution in [0.5, 0.6) is 11.5 Å². The summed E-state index contributed by atoms with van der Waals surface area (Å²) in [6.07, 6.45) is 1.59. The zero-order chi connectivity index (χ0) is 17.2. The van der Waals surface area contributed by atoms with Gasteiger partial charge in [-0.1, -0.05) is 0 Å². The molecule has 25 heavy (non-hydrogen) atoms. The van der Waals surface area contributed by atoms with Crippen molar-refractivity contribution in [3.8, 4) is 22.8 Å². The van der Waals surface area contributed by atoms with E-state index >= 15 is 0 Å². The van der Waals surface area contributed by atoms with Gasteiger partial charge in [-0.25, -0.2) is 9.67 Å². The zero-order valence-electron chi connectivity index (χ0n) is 12.8. The third-order valence-corrected chi connectivity index (χ3v) is 4.20. The van der Waals surface area contributed by atoms with Crippen molar-refractivity contribution in [1.29, 1.82) is 0 Å². The Morgan fingerprint density at radius 3 is 2.96 bits per heavy atom. The lowest BCUT2D eigenvalue weighted by molar-refractivity contribution is -0.117. The van der Waals surface area contributed by atoms with Gasteiger partial charge in [0.1, 0.15) is 6.54 Å². The van der Waals surface area contributed by atoms with Crippen LogP contribution in [-0.2, 0) is 11.3 Å². The zero-order valence-corrected chi connectivity index (χ0v) is 13.7. The molecule has 2 aromatic heterocycles. The van der Waals surface area contributed by atoms with Gasteiger partial charge in [0.2, 0.25) is 12.7 Å². The van der Waals surface area contributed by atoms with Crippen molar-refractivity contribution < 1.29 is 14.3 Å². The Balaban J connectivity index is 1.58. The number of hydrogen-bond acceptors (Lipinski definition) is 7. The molecule has 0 atom stereocenters. The van der Waals surface area contributed by atoms with Crippen molar-refractivity contribution in [3.05, 3.63) is 52.3 Å². The predicted octanol–water partition coefficient (Wildman–Crippen LogP) is 1.73. The fraction of sp³-hybridized carbons (Fsp3) is 0.125. The van der Waals surface area contributed by atoms with E-state index in [1.54, 1.807) is 29.8 Å². The van der Waals surface area contributed by atoms with Crippen LogP contribution in [0.2, 0.25) is 0 Å². The maximum atomic E-state index is 12.1. The first-order valence-electron chi connectivity index (χ1n) is 7.36. The van der Waals surface area contributed by atoms with Gasteiger partial charge in [-0.2, -0.15) is 5.10 Å². The number of benzene rings is 1. The lowest BCUT2D eigenvalue weighted by atomic mass is 10.1. The summed E-state index contributed by atoms with van der Waals surface area (Å²) in [6, 6.07) is 8.37. The molecule has 3 aromatic rings. The second kappa shape index (κ2) is 6.36. The molecule has 1 amide bonds. The quantitative estimate of drug-likeness (QED) is 0.765. The van der Waals surface area contributed by atoms with Gasteiger partial charge >= 0.3 is 0 Å². The van der Waals surface area contributed by atoms with Crippen molar-refractivity contribution in [2.24, 2.45) is 0 Å². The van der Waals surface area contributed by atoms with Crippen LogP contribution >= 0.6 is 11.3 Å². The molecule has 0 spiro atoms. The number of aromatic nitrogens is 3. The number of nitrogens with zero attached hydrogens (tertiary/aromatic N) is 3. The number of nitrogens with one attached hydrogen (secondary N) is 1. The first-order valence-corrected chi connectivity index (χ1v) is 8.24. The van der Waals surface area contributed by atoms with Gasteiger partial charge in [0.25, 0.3) is 5.56 Å². The van der Waals surface area contributed by atoms with Gasteiger partial charge in [0.15, 0.2) is 16.6 Å². The smallest absolute Gasteiger partial charge is 0.267 e. The predicted molar refractivity (Wildman–Crippen MR) is 90.8 cm³/mol. The summed E-state index contributed by atoms with van der Waals surface area (Å²) in [5.74, 6) is 0.922. The molecule has 126 valence electrons. The van der Waals surface area contributed by atoms with E-state index in [-0.39, 0.29) is 24.8 Å². The molecule has 0 bridgehead atoms. The molecule has 9 heteroatoms. The van der Waals surface area contributed by atoms with Gasteiger partial charge in [-0.05, 0) is 24.3 Å². The van der Waals surface area contributed by atoms with Crippen LogP contribution in [0.3, 0.4) is 0 Å². The summed E-state index contributed by atoms with van der Waals surface area (Å²) in [4.78, 5) is 28.0. The highest BCUT2D eigenvalue weighted by atomic mass is 32.1. The minimum Gasteiger partial charge on any atom is -0.454 e. The number of fused-ring (bicyclic) bond motifs is 1. The molecule has 3 heterocycles. The summed E-state index contributed by atoms with van der Waals surface area (Å²) >= 11 is 1.30. The van der Waals surface area contributed by atoms with Crippen LogP contribution in [0.25, 0.3) is 11.3 Å². The standard InChI is InChI=1S/C16H12N4O4S/c21-14(18-16-17-5-6-25-16)8-20-15(22)4-2-11(19-20)10-1-3-12-13(7-10)24-9-23-12/h1-7H,8-9H2,(H,17,18,21). The molecule has 0 saturated carbocycles. The molecule has 4 rings (SSSR count). The van der Waals surface area contributed by atoms with Gasteiger partial charge in [-0.3, -0.25) is 9.59 Å². The minimum atomic E-state index is -0.368. The van der Waals surface area contributed by atoms with Gasteiger partial charge < -0.3 is 14.8 Å². The summed E-state index contributed by atoms with van der Waals surface area (Å²) in [5, 5.41) is 9.12. The van der Waals surface area contributed by atoms with E-state index in [9.17, 15) is 9.59 Å². The number of hydrogen-bond donors (Lipinski definition) is 1. The van der Waals surface area contributed by atoms with E-state index in [0.717, 1.165) is 10.2 Å². The highest BCUT2D eigenvalue weighted by Crippen LogP contribution is 2.35. The monoisotopic (exact) mass is 356 g/mol. The van der Waals surface area contributed by atoms with Gasteiger partial charge in [0, 0.05) is 23.2 Å². The SMILES string of the molecule is O=C(Cn1nc(-c2ccc3c(c2)OCO3)ccc1=O)Nc1nccs1. The van der Waals surface area contributed by atoms with E-state index in [2.05, 4.69) is 15.4 Å². The van der Waals surface area contributed by atoms with Crippen LogP contribution in [0, 0.1) is 0 Å². The molecular weight excluding hydrogens is 344 g/mol. The number of carbonyl (C=O) groups excluding carboxylic acids is 1. The van der Waals surface area contributed by atoms with E-state index in [0.29, 0.717) is 22.3 Å². The Morgan fingerprint density at radius 1 is 1.24 bits per heavy atom. The summed E-state index contributed by atoms with van der Waals surface area (Å²) in [7, 11) is 0. The molecular formula is C16H12N4O4S. The second-order valence-electron chi connectivity index (χ2n) is 5.17. The van der Waals surface area contributed by atoms with Crippen LogP contribution in [0.4, 0.5) is 5.13 Å². The van der Waals surface area contributed by atoms with Crippen LogP contribution in [0.1, 0.15) is 0 Å². The molecule has 0 saturated heterocycles. The van der Waals surface area contributed by atoms with E-state index < -0.39 is 0 Å². The average Bonchev–Trinajstić information content (AvgIpc) is 3.27. The number of rotatable bonds is 4. The first kappa shape index (κ1) is 15.3. The molecule has 1 aliphatic rings. The summed E-state index contributed by atoms with van der Waals surface area (Å²) in [5.41, 5.74) is 0.956. The normalized spacial score (nSPS) is 12.2. The number of thiazole rings is 1. The molecule has 1 aromatic carbocycles. The molecule has 0 unspecified atom stereocenters. The van der Waals surface area contributed by atoms with Gasteiger partial charge in [-0.15, -0.1) is 11.3 Å². The van der Waals surface area contributed by atoms with Crippen molar-refractivity contribution in [1.82, 2.24) is 14.8 Å². The Bertz CT molecular complexity index is 984. The van der Waals surface area contributed by atoms with Crippen LogP contribution < -0.4 is 20.3 Å². The third-order valence-electron chi connectivity index (χ3n) is 3.51.